The van der Waals surface area contributed by atoms with Gasteiger partial charge in [0.05, 0.1) is 6.61 Å². The highest BCUT2D eigenvalue weighted by molar-refractivity contribution is 5.80. The second-order valence-corrected chi connectivity index (χ2v) is 7.59. The van der Waals surface area contributed by atoms with Crippen molar-refractivity contribution in [1.82, 2.24) is 15.5 Å². The molecule has 7 nitrogen and oxygen atoms in total. The first-order valence-electron chi connectivity index (χ1n) is 10.9. The number of carbonyl (C=O) groups is 1. The minimum atomic E-state index is -0.265. The fraction of sp³-hybridized carbons (Fsp3) is 0.417. The summed E-state index contributed by atoms with van der Waals surface area (Å²) in [6, 6.07) is 14.4. The van der Waals surface area contributed by atoms with E-state index in [1.807, 2.05) is 37.3 Å². The summed E-state index contributed by atoms with van der Waals surface area (Å²) in [5.74, 6) is 1.19. The van der Waals surface area contributed by atoms with E-state index in [0.717, 1.165) is 35.7 Å². The van der Waals surface area contributed by atoms with Gasteiger partial charge in [-0.3, -0.25) is 4.99 Å². The number of hydrogen-bond donors (Lipinski definition) is 2. The molecule has 0 aromatic heterocycles. The molecule has 0 atom stereocenters. The Balaban J connectivity index is 1.40. The second kappa shape index (κ2) is 11.9. The number of ether oxygens (including phenoxy) is 2. The third-order valence-corrected chi connectivity index (χ3v) is 5.26. The molecule has 1 aliphatic heterocycles. The van der Waals surface area contributed by atoms with Gasteiger partial charge in [-0.1, -0.05) is 24.3 Å². The van der Waals surface area contributed by atoms with Crippen LogP contribution in [0.1, 0.15) is 30.9 Å². The third-order valence-electron chi connectivity index (χ3n) is 5.26. The zero-order valence-corrected chi connectivity index (χ0v) is 18.6. The summed E-state index contributed by atoms with van der Waals surface area (Å²) < 4.78 is 24.0. The molecule has 3 rings (SSSR count). The molecule has 0 spiro atoms. The maximum Gasteiger partial charge on any atom is 0.409 e. The number of rotatable bonds is 7. The van der Waals surface area contributed by atoms with Crippen LogP contribution in [0.2, 0.25) is 0 Å². The first-order chi connectivity index (χ1) is 15.6. The lowest BCUT2D eigenvalue weighted by molar-refractivity contribution is 0.0963. The molecule has 0 aliphatic carbocycles. The molecule has 1 saturated heterocycles. The molecule has 2 aromatic carbocycles. The summed E-state index contributed by atoms with van der Waals surface area (Å²) in [5.41, 5.74) is 1.88. The Labute approximate surface area is 188 Å². The summed E-state index contributed by atoms with van der Waals surface area (Å²) in [6.45, 7) is 4.49. The standard InChI is InChI=1S/C24H31FN4O3/c1-3-31-24(30)29-13-11-21(12-14-29)28-23(26-2)27-16-18-7-9-22(10-8-18)32-17-19-5-4-6-20(25)15-19/h4-10,15,21H,3,11-14,16-17H2,1-2H3,(H2,26,27,28). The van der Waals surface area contributed by atoms with Gasteiger partial charge in [-0.05, 0) is 55.2 Å². The molecule has 172 valence electrons. The average molecular weight is 443 g/mol. The lowest BCUT2D eigenvalue weighted by atomic mass is 10.1. The number of likely N-dealkylation sites (tertiary alicyclic amines) is 1. The molecule has 1 fully saturated rings. The monoisotopic (exact) mass is 442 g/mol. The first kappa shape index (κ1) is 23.4. The summed E-state index contributed by atoms with van der Waals surface area (Å²) >= 11 is 0. The Morgan fingerprint density at radius 2 is 1.91 bits per heavy atom. The highest BCUT2D eigenvalue weighted by atomic mass is 19.1. The number of nitrogens with one attached hydrogen (secondary N) is 2. The number of amides is 1. The predicted molar refractivity (Wildman–Crippen MR) is 122 cm³/mol. The Hall–Kier alpha value is -3.29. The van der Waals surface area contributed by atoms with E-state index in [4.69, 9.17) is 9.47 Å². The van der Waals surface area contributed by atoms with Crippen molar-refractivity contribution in [3.05, 3.63) is 65.5 Å². The Morgan fingerprint density at radius 1 is 1.16 bits per heavy atom. The van der Waals surface area contributed by atoms with E-state index >= 15 is 0 Å². The van der Waals surface area contributed by atoms with E-state index in [1.54, 1.807) is 18.0 Å². The Bertz CT molecular complexity index is 896. The zero-order valence-electron chi connectivity index (χ0n) is 18.6. The zero-order chi connectivity index (χ0) is 22.8. The van der Waals surface area contributed by atoms with Crippen LogP contribution in [-0.4, -0.2) is 49.7 Å². The molecule has 1 amide bonds. The van der Waals surface area contributed by atoms with Gasteiger partial charge in [-0.25, -0.2) is 9.18 Å². The van der Waals surface area contributed by atoms with Crippen LogP contribution < -0.4 is 15.4 Å². The molecule has 1 heterocycles. The fourth-order valence-electron chi connectivity index (χ4n) is 3.49. The third kappa shape index (κ3) is 7.14. The molecule has 2 N–H and O–H groups in total. The van der Waals surface area contributed by atoms with Crippen molar-refractivity contribution >= 4 is 12.1 Å². The summed E-state index contributed by atoms with van der Waals surface area (Å²) in [7, 11) is 1.74. The van der Waals surface area contributed by atoms with Gasteiger partial charge in [-0.15, -0.1) is 0 Å². The van der Waals surface area contributed by atoms with Gasteiger partial charge in [0.25, 0.3) is 0 Å². The number of aliphatic imine (C=N–C) groups is 1. The van der Waals surface area contributed by atoms with E-state index in [0.29, 0.717) is 32.8 Å². The number of benzene rings is 2. The lowest BCUT2D eigenvalue weighted by Crippen LogP contribution is -2.49. The average Bonchev–Trinajstić information content (AvgIpc) is 2.81. The highest BCUT2D eigenvalue weighted by Gasteiger charge is 2.24. The van der Waals surface area contributed by atoms with Gasteiger partial charge >= 0.3 is 6.09 Å². The van der Waals surface area contributed by atoms with Crippen LogP contribution in [0.15, 0.2) is 53.5 Å². The van der Waals surface area contributed by atoms with Crippen LogP contribution in [0.5, 0.6) is 5.75 Å². The minimum absolute atomic E-state index is 0.239. The first-order valence-corrected chi connectivity index (χ1v) is 10.9. The molecule has 1 aliphatic rings. The van der Waals surface area contributed by atoms with Crippen LogP contribution in [0.4, 0.5) is 9.18 Å². The summed E-state index contributed by atoms with van der Waals surface area (Å²) in [5, 5.41) is 6.75. The van der Waals surface area contributed by atoms with Gasteiger partial charge < -0.3 is 25.0 Å². The lowest BCUT2D eigenvalue weighted by Gasteiger charge is -2.32. The van der Waals surface area contributed by atoms with Gasteiger partial charge in [0, 0.05) is 32.7 Å². The van der Waals surface area contributed by atoms with Crippen molar-refractivity contribution in [2.24, 2.45) is 4.99 Å². The van der Waals surface area contributed by atoms with E-state index < -0.39 is 0 Å². The van der Waals surface area contributed by atoms with Crippen molar-refractivity contribution in [3.8, 4) is 5.75 Å². The Morgan fingerprint density at radius 3 is 2.56 bits per heavy atom. The number of halogens is 1. The molecule has 0 bridgehead atoms. The summed E-state index contributed by atoms with van der Waals surface area (Å²) in [6.07, 6.45) is 1.45. The maximum atomic E-state index is 13.3. The highest BCUT2D eigenvalue weighted by Crippen LogP contribution is 2.15. The van der Waals surface area contributed by atoms with Crippen LogP contribution in [0, 0.1) is 5.82 Å². The molecule has 0 radical (unpaired) electrons. The molecule has 0 unspecified atom stereocenters. The minimum Gasteiger partial charge on any atom is -0.489 e. The van der Waals surface area contributed by atoms with Crippen LogP contribution in [-0.2, 0) is 17.9 Å². The summed E-state index contributed by atoms with van der Waals surface area (Å²) in [4.78, 5) is 17.9. The topological polar surface area (TPSA) is 75.2 Å². The fourth-order valence-corrected chi connectivity index (χ4v) is 3.49. The number of hydrogen-bond acceptors (Lipinski definition) is 4. The van der Waals surface area contributed by atoms with Crippen molar-refractivity contribution in [2.45, 2.75) is 39.0 Å². The van der Waals surface area contributed by atoms with Gasteiger partial charge in [0.15, 0.2) is 5.96 Å². The van der Waals surface area contributed by atoms with Crippen LogP contribution in [0.25, 0.3) is 0 Å². The molecular formula is C24H31FN4O3. The van der Waals surface area contributed by atoms with Crippen molar-refractivity contribution in [2.75, 3.05) is 26.7 Å². The number of carbonyl (C=O) groups excluding carboxylic acids is 1. The quantitative estimate of drug-likeness (QED) is 0.505. The smallest absolute Gasteiger partial charge is 0.409 e. The number of guanidine groups is 1. The van der Waals surface area contributed by atoms with Crippen LogP contribution in [0.3, 0.4) is 0 Å². The van der Waals surface area contributed by atoms with Gasteiger partial charge in [-0.2, -0.15) is 0 Å². The van der Waals surface area contributed by atoms with E-state index in [1.165, 1.54) is 12.1 Å². The Kier molecular flexibility index (Phi) is 8.71. The van der Waals surface area contributed by atoms with E-state index in [-0.39, 0.29) is 18.0 Å². The van der Waals surface area contributed by atoms with E-state index in [2.05, 4.69) is 15.6 Å². The maximum absolute atomic E-state index is 13.3. The van der Waals surface area contributed by atoms with Crippen LogP contribution >= 0.6 is 0 Å². The largest absolute Gasteiger partial charge is 0.489 e. The predicted octanol–water partition coefficient (Wildman–Crippen LogP) is 3.69. The van der Waals surface area contributed by atoms with E-state index in [9.17, 15) is 9.18 Å². The normalized spacial score (nSPS) is 14.7. The van der Waals surface area contributed by atoms with Gasteiger partial charge in [0.1, 0.15) is 18.2 Å². The number of nitrogens with zero attached hydrogens (tertiary/aromatic N) is 2. The molecule has 32 heavy (non-hydrogen) atoms. The molecule has 2 aromatic rings. The van der Waals surface area contributed by atoms with Gasteiger partial charge in [0.2, 0.25) is 0 Å². The van der Waals surface area contributed by atoms with Crippen molar-refractivity contribution < 1.29 is 18.7 Å². The van der Waals surface area contributed by atoms with Crippen molar-refractivity contribution in [3.63, 3.8) is 0 Å². The molecule has 8 heteroatoms. The molecule has 0 saturated carbocycles. The van der Waals surface area contributed by atoms with Crippen molar-refractivity contribution in [1.29, 1.82) is 0 Å². The second-order valence-electron chi connectivity index (χ2n) is 7.59. The SMILES string of the molecule is CCOC(=O)N1CCC(NC(=NC)NCc2ccc(OCc3cccc(F)c3)cc2)CC1. The molecular weight excluding hydrogens is 411 g/mol. The number of piperidine rings is 1.